The van der Waals surface area contributed by atoms with Crippen LogP contribution in [0.4, 0.5) is 4.79 Å². The molecule has 2 aliphatic heterocycles. The maximum atomic E-state index is 12.9. The third-order valence-electron chi connectivity index (χ3n) is 5.70. The molecular weight excluding hydrogens is 344 g/mol. The predicted octanol–water partition coefficient (Wildman–Crippen LogP) is 3.06. The zero-order chi connectivity index (χ0) is 19.4. The molecular formula is C21H30N2O4. The molecule has 2 N–H and O–H groups in total. The summed E-state index contributed by atoms with van der Waals surface area (Å²) in [7, 11) is 0. The summed E-state index contributed by atoms with van der Waals surface area (Å²) in [6, 6.07) is 9.63. The molecule has 6 nitrogen and oxygen atoms in total. The number of carboxylic acids is 1. The Bertz CT molecular complexity index is 655. The van der Waals surface area contributed by atoms with Crippen molar-refractivity contribution in [2.24, 2.45) is 5.92 Å². The zero-order valence-corrected chi connectivity index (χ0v) is 16.2. The molecule has 0 radical (unpaired) electrons. The Labute approximate surface area is 160 Å². The van der Waals surface area contributed by atoms with Gasteiger partial charge in [0.2, 0.25) is 0 Å². The van der Waals surface area contributed by atoms with E-state index in [1.165, 1.54) is 0 Å². The summed E-state index contributed by atoms with van der Waals surface area (Å²) >= 11 is 0. The van der Waals surface area contributed by atoms with E-state index in [2.05, 4.69) is 19.2 Å². The highest BCUT2D eigenvalue weighted by atomic mass is 16.5. The summed E-state index contributed by atoms with van der Waals surface area (Å²) in [5.74, 6) is -0.529. The molecule has 3 rings (SSSR count). The van der Waals surface area contributed by atoms with Gasteiger partial charge in [-0.1, -0.05) is 44.2 Å². The minimum atomic E-state index is -0.843. The molecule has 1 aromatic carbocycles. The quantitative estimate of drug-likeness (QED) is 0.769. The van der Waals surface area contributed by atoms with E-state index in [-0.39, 0.29) is 30.1 Å². The SMILES string of the molecule is CC(C)C1N(C(=O)NC(CCC(=O)O)Cc2ccccc2)CC12CCCO2. The van der Waals surface area contributed by atoms with Crippen LogP contribution in [0.15, 0.2) is 30.3 Å². The molecule has 148 valence electrons. The minimum Gasteiger partial charge on any atom is -0.481 e. The number of hydrogen-bond donors (Lipinski definition) is 2. The molecule has 2 heterocycles. The molecule has 2 saturated heterocycles. The van der Waals surface area contributed by atoms with Gasteiger partial charge < -0.3 is 20.1 Å². The van der Waals surface area contributed by atoms with Crippen LogP contribution in [0.1, 0.15) is 45.1 Å². The van der Waals surface area contributed by atoms with Crippen LogP contribution in [0, 0.1) is 5.92 Å². The van der Waals surface area contributed by atoms with Crippen LogP contribution in [0.2, 0.25) is 0 Å². The number of carbonyl (C=O) groups is 2. The van der Waals surface area contributed by atoms with Gasteiger partial charge in [-0.05, 0) is 37.2 Å². The van der Waals surface area contributed by atoms with Crippen molar-refractivity contribution in [1.29, 1.82) is 0 Å². The third-order valence-corrected chi connectivity index (χ3v) is 5.70. The second kappa shape index (κ2) is 8.30. The number of benzene rings is 1. The van der Waals surface area contributed by atoms with Crippen molar-refractivity contribution in [3.63, 3.8) is 0 Å². The molecule has 1 spiro atoms. The summed E-state index contributed by atoms with van der Waals surface area (Å²) in [5, 5.41) is 12.1. The van der Waals surface area contributed by atoms with Crippen LogP contribution in [0.3, 0.4) is 0 Å². The van der Waals surface area contributed by atoms with Gasteiger partial charge in [0, 0.05) is 19.1 Å². The minimum absolute atomic E-state index is 0.0401. The average molecular weight is 374 g/mol. The summed E-state index contributed by atoms with van der Waals surface area (Å²) < 4.78 is 6.01. The molecule has 6 heteroatoms. The van der Waals surface area contributed by atoms with Crippen molar-refractivity contribution in [1.82, 2.24) is 10.2 Å². The molecule has 0 aromatic heterocycles. The molecule has 3 atom stereocenters. The van der Waals surface area contributed by atoms with Gasteiger partial charge in [0.05, 0.1) is 12.6 Å². The van der Waals surface area contributed by atoms with Gasteiger partial charge in [-0.3, -0.25) is 4.79 Å². The molecule has 0 saturated carbocycles. The van der Waals surface area contributed by atoms with E-state index in [9.17, 15) is 9.59 Å². The second-order valence-corrected chi connectivity index (χ2v) is 8.10. The fourth-order valence-electron chi connectivity index (χ4n) is 4.57. The first-order valence-electron chi connectivity index (χ1n) is 9.88. The first-order valence-corrected chi connectivity index (χ1v) is 9.88. The van der Waals surface area contributed by atoms with Crippen molar-refractivity contribution < 1.29 is 19.4 Å². The molecule has 0 aliphatic carbocycles. The number of amides is 2. The maximum absolute atomic E-state index is 12.9. The van der Waals surface area contributed by atoms with E-state index in [1.807, 2.05) is 35.2 Å². The number of hydrogen-bond acceptors (Lipinski definition) is 3. The lowest BCUT2D eigenvalue weighted by Gasteiger charge is -2.56. The molecule has 2 amide bonds. The van der Waals surface area contributed by atoms with Gasteiger partial charge in [-0.15, -0.1) is 0 Å². The Balaban J connectivity index is 1.65. The normalized spacial score (nSPS) is 25.4. The van der Waals surface area contributed by atoms with Gasteiger partial charge in [0.25, 0.3) is 0 Å². The van der Waals surface area contributed by atoms with E-state index in [4.69, 9.17) is 9.84 Å². The van der Waals surface area contributed by atoms with Crippen molar-refractivity contribution in [3.8, 4) is 0 Å². The Morgan fingerprint density at radius 3 is 2.67 bits per heavy atom. The van der Waals surface area contributed by atoms with Crippen LogP contribution in [0.25, 0.3) is 0 Å². The lowest BCUT2D eigenvalue weighted by molar-refractivity contribution is -0.154. The van der Waals surface area contributed by atoms with Crippen molar-refractivity contribution in [2.45, 2.75) is 63.6 Å². The molecule has 27 heavy (non-hydrogen) atoms. The van der Waals surface area contributed by atoms with Crippen LogP contribution in [0.5, 0.6) is 0 Å². The van der Waals surface area contributed by atoms with E-state index >= 15 is 0 Å². The molecule has 0 bridgehead atoms. The highest BCUT2D eigenvalue weighted by molar-refractivity contribution is 5.77. The standard InChI is InChI=1S/C21H30N2O4/c1-15(2)19-21(11-6-12-27-21)14-23(19)20(26)22-17(9-10-18(24)25)13-16-7-4-3-5-8-16/h3-5,7-8,15,17,19H,6,9-14H2,1-2H3,(H,22,26)(H,24,25). The lowest BCUT2D eigenvalue weighted by Crippen LogP contribution is -2.74. The predicted molar refractivity (Wildman–Crippen MR) is 103 cm³/mol. The largest absolute Gasteiger partial charge is 0.481 e. The van der Waals surface area contributed by atoms with Gasteiger partial charge in [0.1, 0.15) is 5.60 Å². The summed E-state index contributed by atoms with van der Waals surface area (Å²) in [6.45, 7) is 5.64. The number of rotatable bonds is 7. The number of aliphatic carboxylic acids is 1. The molecule has 2 aliphatic rings. The third kappa shape index (κ3) is 4.43. The van der Waals surface area contributed by atoms with Crippen LogP contribution < -0.4 is 5.32 Å². The Kier molecular flexibility index (Phi) is 6.05. The summed E-state index contributed by atoms with van der Waals surface area (Å²) in [4.78, 5) is 25.8. The zero-order valence-electron chi connectivity index (χ0n) is 16.2. The number of nitrogens with zero attached hydrogens (tertiary/aromatic N) is 1. The van der Waals surface area contributed by atoms with Crippen molar-refractivity contribution in [2.75, 3.05) is 13.2 Å². The topological polar surface area (TPSA) is 78.9 Å². The van der Waals surface area contributed by atoms with Gasteiger partial charge >= 0.3 is 12.0 Å². The monoisotopic (exact) mass is 374 g/mol. The lowest BCUT2D eigenvalue weighted by atomic mass is 9.75. The summed E-state index contributed by atoms with van der Waals surface area (Å²) in [5.41, 5.74) is 0.911. The Morgan fingerprint density at radius 1 is 1.33 bits per heavy atom. The Morgan fingerprint density at radius 2 is 2.07 bits per heavy atom. The Hall–Kier alpha value is -2.08. The van der Waals surface area contributed by atoms with Crippen LogP contribution >= 0.6 is 0 Å². The number of urea groups is 1. The highest BCUT2D eigenvalue weighted by Gasteiger charge is 2.58. The first kappa shape index (κ1) is 19.7. The molecule has 1 aromatic rings. The molecule has 3 unspecified atom stereocenters. The van der Waals surface area contributed by atoms with Crippen LogP contribution in [-0.2, 0) is 16.0 Å². The fourth-order valence-corrected chi connectivity index (χ4v) is 4.57. The van der Waals surface area contributed by atoms with Crippen molar-refractivity contribution >= 4 is 12.0 Å². The van der Waals surface area contributed by atoms with E-state index < -0.39 is 5.97 Å². The number of ether oxygens (including phenoxy) is 1. The van der Waals surface area contributed by atoms with Gasteiger partial charge in [-0.2, -0.15) is 0 Å². The summed E-state index contributed by atoms with van der Waals surface area (Å²) in [6.07, 6.45) is 3.14. The number of likely N-dealkylation sites (tertiary alicyclic amines) is 1. The van der Waals surface area contributed by atoms with E-state index in [1.54, 1.807) is 0 Å². The highest BCUT2D eigenvalue weighted by Crippen LogP contribution is 2.44. The van der Waals surface area contributed by atoms with Gasteiger partial charge in [0.15, 0.2) is 0 Å². The smallest absolute Gasteiger partial charge is 0.318 e. The number of nitrogens with one attached hydrogen (secondary N) is 1. The van der Waals surface area contributed by atoms with Crippen LogP contribution in [-0.4, -0.2) is 52.8 Å². The number of carbonyl (C=O) groups excluding carboxylic acids is 1. The maximum Gasteiger partial charge on any atom is 0.318 e. The fraction of sp³-hybridized carbons (Fsp3) is 0.619. The van der Waals surface area contributed by atoms with Gasteiger partial charge in [-0.25, -0.2) is 4.79 Å². The van der Waals surface area contributed by atoms with E-state index in [0.717, 1.165) is 25.0 Å². The average Bonchev–Trinajstić information content (AvgIpc) is 3.09. The number of carboxylic acid groups (broad SMARTS) is 1. The first-order chi connectivity index (χ1) is 12.9. The van der Waals surface area contributed by atoms with E-state index in [0.29, 0.717) is 25.3 Å². The molecule has 2 fully saturated rings. The van der Waals surface area contributed by atoms with Crippen molar-refractivity contribution in [3.05, 3.63) is 35.9 Å². The second-order valence-electron chi connectivity index (χ2n) is 8.10.